The summed E-state index contributed by atoms with van der Waals surface area (Å²) in [7, 11) is 1.59. The Bertz CT molecular complexity index is 1070. The van der Waals surface area contributed by atoms with E-state index in [4.69, 9.17) is 4.74 Å². The molecule has 0 saturated heterocycles. The largest absolute Gasteiger partial charge is 0.484 e. The van der Waals surface area contributed by atoms with Crippen LogP contribution in [-0.4, -0.2) is 28.2 Å². The molecule has 148 valence electrons. The van der Waals surface area contributed by atoms with Crippen LogP contribution in [0.15, 0.2) is 65.5 Å². The van der Waals surface area contributed by atoms with E-state index in [1.54, 1.807) is 49.5 Å². The van der Waals surface area contributed by atoms with Crippen LogP contribution in [-0.2, 0) is 16.6 Å². The summed E-state index contributed by atoms with van der Waals surface area (Å²) in [4.78, 5) is 34.5. The maximum Gasteiger partial charge on any atom is 0.266 e. The predicted octanol–water partition coefficient (Wildman–Crippen LogP) is 2.42. The van der Waals surface area contributed by atoms with Crippen LogP contribution in [0.3, 0.4) is 0 Å². The van der Waals surface area contributed by atoms with Gasteiger partial charge in [-0.3, -0.25) is 14.4 Å². The minimum Gasteiger partial charge on any atom is -0.484 e. The highest BCUT2D eigenvalue weighted by Crippen LogP contribution is 2.19. The third-order valence-electron chi connectivity index (χ3n) is 3.97. The fraction of sp³-hybridized carbons (Fsp3) is 0.143. The Morgan fingerprint density at radius 2 is 1.55 bits per heavy atom. The number of rotatable bonds is 6. The smallest absolute Gasteiger partial charge is 0.266 e. The fourth-order valence-corrected chi connectivity index (χ4v) is 2.56. The molecular formula is C21H20N4O4. The van der Waals surface area contributed by atoms with Crippen LogP contribution in [0.5, 0.6) is 5.75 Å². The minimum absolute atomic E-state index is 0.149. The number of benzene rings is 2. The normalized spacial score (nSPS) is 10.3. The number of ether oxygens (including phenoxy) is 1. The predicted molar refractivity (Wildman–Crippen MR) is 110 cm³/mol. The van der Waals surface area contributed by atoms with E-state index in [-0.39, 0.29) is 24.0 Å². The van der Waals surface area contributed by atoms with Gasteiger partial charge in [0.05, 0.1) is 5.69 Å². The third kappa shape index (κ3) is 5.52. The summed E-state index contributed by atoms with van der Waals surface area (Å²) in [5.74, 6) is 0.0606. The topological polar surface area (TPSA) is 102 Å². The van der Waals surface area contributed by atoms with Gasteiger partial charge in [-0.2, -0.15) is 5.10 Å². The summed E-state index contributed by atoms with van der Waals surface area (Å²) in [6, 6.07) is 17.0. The average molecular weight is 392 g/mol. The molecule has 0 bridgehead atoms. The number of aromatic nitrogens is 2. The maximum absolute atomic E-state index is 12.1. The van der Waals surface area contributed by atoms with Crippen LogP contribution >= 0.6 is 0 Å². The van der Waals surface area contributed by atoms with Crippen LogP contribution < -0.4 is 20.9 Å². The van der Waals surface area contributed by atoms with Crippen LogP contribution in [0, 0.1) is 0 Å². The van der Waals surface area contributed by atoms with E-state index in [1.165, 1.54) is 17.7 Å². The molecular weight excluding hydrogens is 372 g/mol. The number of nitrogens with zero attached hydrogens (tertiary/aromatic N) is 2. The molecule has 0 unspecified atom stereocenters. The Hall–Kier alpha value is -3.94. The number of hydrogen-bond donors (Lipinski definition) is 2. The average Bonchev–Trinajstić information content (AvgIpc) is 2.70. The van der Waals surface area contributed by atoms with Gasteiger partial charge in [-0.05, 0) is 42.5 Å². The molecule has 2 aromatic carbocycles. The summed E-state index contributed by atoms with van der Waals surface area (Å²) in [5, 5.41) is 9.60. The van der Waals surface area contributed by atoms with Gasteiger partial charge < -0.3 is 15.4 Å². The van der Waals surface area contributed by atoms with Crippen molar-refractivity contribution in [2.45, 2.75) is 6.92 Å². The third-order valence-corrected chi connectivity index (χ3v) is 3.97. The van der Waals surface area contributed by atoms with Crippen LogP contribution in [0.1, 0.15) is 6.92 Å². The number of carbonyl (C=O) groups is 2. The van der Waals surface area contributed by atoms with Gasteiger partial charge in [0.25, 0.3) is 11.5 Å². The summed E-state index contributed by atoms with van der Waals surface area (Å²) >= 11 is 0. The lowest BCUT2D eigenvalue weighted by Gasteiger charge is -2.09. The van der Waals surface area contributed by atoms with E-state index in [2.05, 4.69) is 15.7 Å². The highest BCUT2D eigenvalue weighted by molar-refractivity contribution is 5.92. The first-order valence-corrected chi connectivity index (χ1v) is 8.86. The van der Waals surface area contributed by atoms with Gasteiger partial charge >= 0.3 is 0 Å². The first kappa shape index (κ1) is 19.8. The van der Waals surface area contributed by atoms with Gasteiger partial charge in [0.15, 0.2) is 6.61 Å². The van der Waals surface area contributed by atoms with Gasteiger partial charge in [0.1, 0.15) is 5.75 Å². The lowest BCUT2D eigenvalue weighted by Crippen LogP contribution is -2.20. The Morgan fingerprint density at radius 3 is 2.17 bits per heavy atom. The fourth-order valence-electron chi connectivity index (χ4n) is 2.56. The van der Waals surface area contributed by atoms with Crippen molar-refractivity contribution >= 4 is 23.2 Å². The Morgan fingerprint density at radius 1 is 0.931 bits per heavy atom. The van der Waals surface area contributed by atoms with E-state index in [9.17, 15) is 14.4 Å². The molecule has 0 aliphatic heterocycles. The van der Waals surface area contributed by atoms with Crippen molar-refractivity contribution in [3.8, 4) is 17.0 Å². The Balaban J connectivity index is 1.54. The first-order chi connectivity index (χ1) is 13.9. The van der Waals surface area contributed by atoms with Crippen molar-refractivity contribution in [3.63, 3.8) is 0 Å². The molecule has 8 nitrogen and oxygen atoms in total. The molecule has 8 heteroatoms. The van der Waals surface area contributed by atoms with Gasteiger partial charge in [-0.15, -0.1) is 0 Å². The lowest BCUT2D eigenvalue weighted by molar-refractivity contribution is -0.118. The molecule has 3 aromatic rings. The SMILES string of the molecule is CC(=O)Nc1ccc(OCC(=O)Nc2ccc(-c3ccc(=O)n(C)n3)cc2)cc1. The minimum atomic E-state index is -0.302. The van der Waals surface area contributed by atoms with Crippen molar-refractivity contribution in [1.29, 1.82) is 0 Å². The van der Waals surface area contributed by atoms with Gasteiger partial charge in [0, 0.05) is 37.0 Å². The van der Waals surface area contributed by atoms with Crippen LogP contribution in [0.4, 0.5) is 11.4 Å². The number of hydrogen-bond acceptors (Lipinski definition) is 5. The molecule has 2 amide bonds. The molecule has 0 spiro atoms. The molecule has 29 heavy (non-hydrogen) atoms. The zero-order chi connectivity index (χ0) is 20.8. The van der Waals surface area contributed by atoms with Crippen molar-refractivity contribution < 1.29 is 14.3 Å². The molecule has 3 rings (SSSR count). The summed E-state index contributed by atoms with van der Waals surface area (Å²) in [6.45, 7) is 1.28. The van der Waals surface area contributed by atoms with E-state index in [1.807, 2.05) is 12.1 Å². The second-order valence-corrected chi connectivity index (χ2v) is 6.30. The molecule has 2 N–H and O–H groups in total. The summed E-state index contributed by atoms with van der Waals surface area (Å²) in [5.41, 5.74) is 2.59. The second kappa shape index (κ2) is 8.83. The van der Waals surface area contributed by atoms with E-state index in [0.717, 1.165) is 5.56 Å². The molecule has 0 saturated carbocycles. The molecule has 0 aliphatic carbocycles. The zero-order valence-corrected chi connectivity index (χ0v) is 16.0. The van der Waals surface area contributed by atoms with Crippen molar-refractivity contribution in [2.75, 3.05) is 17.2 Å². The zero-order valence-electron chi connectivity index (χ0n) is 16.0. The standard InChI is InChI=1S/C21H20N4O4/c1-14(26)22-16-7-9-18(10-8-16)29-13-20(27)23-17-5-3-15(4-6-17)19-11-12-21(28)25(2)24-19/h3-12H,13H2,1-2H3,(H,22,26)(H,23,27). The summed E-state index contributed by atoms with van der Waals surface area (Å²) < 4.78 is 6.72. The second-order valence-electron chi connectivity index (χ2n) is 6.30. The number of carbonyl (C=O) groups excluding carboxylic acids is 2. The van der Waals surface area contributed by atoms with Crippen molar-refractivity contribution in [1.82, 2.24) is 9.78 Å². The molecule has 0 fully saturated rings. The molecule has 1 aromatic heterocycles. The number of anilines is 2. The number of nitrogens with one attached hydrogen (secondary N) is 2. The van der Waals surface area contributed by atoms with E-state index in [0.29, 0.717) is 22.8 Å². The van der Waals surface area contributed by atoms with E-state index >= 15 is 0 Å². The molecule has 0 aliphatic rings. The van der Waals surface area contributed by atoms with Gasteiger partial charge in [-0.25, -0.2) is 4.68 Å². The molecule has 1 heterocycles. The van der Waals surface area contributed by atoms with Gasteiger partial charge in [-0.1, -0.05) is 12.1 Å². The highest BCUT2D eigenvalue weighted by Gasteiger charge is 2.06. The van der Waals surface area contributed by atoms with Gasteiger partial charge in [0.2, 0.25) is 5.91 Å². The Kier molecular flexibility index (Phi) is 6.03. The summed E-state index contributed by atoms with van der Waals surface area (Å²) in [6.07, 6.45) is 0. The van der Waals surface area contributed by atoms with Crippen molar-refractivity contribution in [2.24, 2.45) is 7.05 Å². The maximum atomic E-state index is 12.1. The van der Waals surface area contributed by atoms with Crippen molar-refractivity contribution in [3.05, 3.63) is 71.0 Å². The molecule has 0 atom stereocenters. The number of aryl methyl sites for hydroxylation is 1. The van der Waals surface area contributed by atoms with Crippen LogP contribution in [0.2, 0.25) is 0 Å². The Labute approximate surface area is 167 Å². The number of amides is 2. The van der Waals surface area contributed by atoms with E-state index < -0.39 is 0 Å². The highest BCUT2D eigenvalue weighted by atomic mass is 16.5. The van der Waals surface area contributed by atoms with Crippen LogP contribution in [0.25, 0.3) is 11.3 Å². The first-order valence-electron chi connectivity index (χ1n) is 8.86. The lowest BCUT2D eigenvalue weighted by atomic mass is 10.1. The quantitative estimate of drug-likeness (QED) is 0.671. The monoisotopic (exact) mass is 392 g/mol. The molecule has 0 radical (unpaired) electrons.